The van der Waals surface area contributed by atoms with Crippen LogP contribution in [0.4, 0.5) is 5.69 Å². The first kappa shape index (κ1) is 22.8. The van der Waals surface area contributed by atoms with Crippen molar-refractivity contribution >= 4 is 39.7 Å². The van der Waals surface area contributed by atoms with E-state index in [1.165, 1.54) is 28.0 Å². The van der Waals surface area contributed by atoms with E-state index in [1.807, 2.05) is 30.3 Å². The molecule has 9 nitrogen and oxygen atoms in total. The molecule has 6 rings (SSSR count). The summed E-state index contributed by atoms with van der Waals surface area (Å²) in [6.45, 7) is 0. The van der Waals surface area contributed by atoms with Gasteiger partial charge in [0.1, 0.15) is 5.69 Å². The summed E-state index contributed by atoms with van der Waals surface area (Å²) in [7, 11) is 0. The molecule has 0 aliphatic carbocycles. The number of hydrogen-bond donors (Lipinski definition) is 0. The number of halogens is 1. The zero-order chi connectivity index (χ0) is 25.5. The van der Waals surface area contributed by atoms with Crippen LogP contribution in [0.5, 0.6) is 0 Å². The van der Waals surface area contributed by atoms with Gasteiger partial charge in [-0.05, 0) is 42.5 Å². The van der Waals surface area contributed by atoms with Crippen LogP contribution >= 0.6 is 22.9 Å². The third-order valence-corrected chi connectivity index (χ3v) is 6.88. The number of hydrogen-bond acceptors (Lipinski definition) is 7. The minimum absolute atomic E-state index is 0.0456. The highest BCUT2D eigenvalue weighted by Crippen LogP contribution is 2.27. The van der Waals surface area contributed by atoms with Crippen molar-refractivity contribution in [2.75, 3.05) is 0 Å². The first-order valence-corrected chi connectivity index (χ1v) is 12.2. The number of nitrogens with zero attached hydrogens (tertiary/aromatic N) is 6. The van der Waals surface area contributed by atoms with Crippen LogP contribution in [0.1, 0.15) is 5.56 Å². The summed E-state index contributed by atoms with van der Waals surface area (Å²) in [4.78, 5) is 29.1. The van der Waals surface area contributed by atoms with Gasteiger partial charge in [0, 0.05) is 40.0 Å². The lowest BCUT2D eigenvalue weighted by Gasteiger charge is -2.00. The normalized spacial score (nSPS) is 11.9. The molecule has 0 amide bonds. The topological polar surface area (TPSA) is 108 Å². The summed E-state index contributed by atoms with van der Waals surface area (Å²) < 4.78 is 3.37. The van der Waals surface area contributed by atoms with Gasteiger partial charge in [-0.2, -0.15) is 14.6 Å². The Labute approximate surface area is 217 Å². The van der Waals surface area contributed by atoms with Crippen molar-refractivity contribution in [3.05, 3.63) is 121 Å². The Morgan fingerprint density at radius 2 is 1.73 bits per heavy atom. The summed E-state index contributed by atoms with van der Waals surface area (Å²) >= 11 is 7.17. The lowest BCUT2D eigenvalue weighted by molar-refractivity contribution is -0.384. The van der Waals surface area contributed by atoms with Gasteiger partial charge in [0.05, 0.1) is 15.1 Å². The minimum Gasteiger partial charge on any atom is -0.266 e. The van der Waals surface area contributed by atoms with E-state index in [2.05, 4.69) is 10.1 Å². The summed E-state index contributed by atoms with van der Waals surface area (Å²) in [5.41, 5.74) is 2.90. The summed E-state index contributed by atoms with van der Waals surface area (Å²) in [5, 5.41) is 21.0. The highest BCUT2D eigenvalue weighted by molar-refractivity contribution is 7.15. The SMILES string of the molecule is O=c1/c(=C/c2cn(-c3ccccc3)nc2-c2cccc([N+](=O)[O-])c2)sc2nc(-c3ccc(Cl)cc3)nn12. The number of benzene rings is 3. The molecule has 0 unspecified atom stereocenters. The van der Waals surface area contributed by atoms with E-state index < -0.39 is 4.92 Å². The Kier molecular flexibility index (Phi) is 5.59. The maximum Gasteiger partial charge on any atom is 0.291 e. The summed E-state index contributed by atoms with van der Waals surface area (Å²) in [6.07, 6.45) is 3.50. The molecule has 0 aliphatic heterocycles. The molecule has 180 valence electrons. The predicted molar refractivity (Wildman–Crippen MR) is 142 cm³/mol. The molecule has 0 aliphatic rings. The number of thiazole rings is 1. The van der Waals surface area contributed by atoms with E-state index in [4.69, 9.17) is 16.7 Å². The Hall–Kier alpha value is -4.67. The van der Waals surface area contributed by atoms with Gasteiger partial charge in [-0.25, -0.2) is 4.68 Å². The molecule has 0 N–H and O–H groups in total. The quantitative estimate of drug-likeness (QED) is 0.236. The van der Waals surface area contributed by atoms with Gasteiger partial charge in [-0.3, -0.25) is 14.9 Å². The zero-order valence-corrected chi connectivity index (χ0v) is 20.4. The molecule has 0 spiro atoms. The Balaban J connectivity index is 1.49. The van der Waals surface area contributed by atoms with Gasteiger partial charge in [0.25, 0.3) is 11.2 Å². The van der Waals surface area contributed by atoms with Gasteiger partial charge in [0.15, 0.2) is 5.82 Å². The van der Waals surface area contributed by atoms with E-state index in [1.54, 1.807) is 53.4 Å². The van der Waals surface area contributed by atoms with Crippen LogP contribution in [-0.4, -0.2) is 29.3 Å². The molecule has 11 heteroatoms. The van der Waals surface area contributed by atoms with Crippen molar-refractivity contribution in [3.8, 4) is 28.3 Å². The molecule has 0 radical (unpaired) electrons. The standard InChI is InChI=1S/C26H15ClN6O3S/c27-19-11-9-16(10-12-19)24-28-26-32(30-24)25(34)22(37-26)14-18-15-31(20-6-2-1-3-7-20)29-23(18)17-5-4-8-21(13-17)33(35)36/h1-15H/b22-14-. The molecule has 3 aromatic heterocycles. The fourth-order valence-corrected chi connectivity index (χ4v) is 4.92. The third kappa shape index (κ3) is 4.28. The van der Waals surface area contributed by atoms with Crippen LogP contribution in [0.2, 0.25) is 5.02 Å². The lowest BCUT2D eigenvalue weighted by Crippen LogP contribution is -2.23. The highest BCUT2D eigenvalue weighted by Gasteiger charge is 2.16. The molecule has 0 saturated carbocycles. The van der Waals surface area contributed by atoms with Crippen LogP contribution in [0.3, 0.4) is 0 Å². The highest BCUT2D eigenvalue weighted by atomic mass is 35.5. The second-order valence-corrected chi connectivity index (χ2v) is 9.52. The van der Waals surface area contributed by atoms with Crippen molar-refractivity contribution in [1.29, 1.82) is 0 Å². The van der Waals surface area contributed by atoms with E-state index in [0.717, 1.165) is 11.3 Å². The molecule has 0 atom stereocenters. The first-order valence-electron chi connectivity index (χ1n) is 11.0. The van der Waals surface area contributed by atoms with Crippen LogP contribution in [0, 0.1) is 10.1 Å². The Bertz CT molecular complexity index is 1890. The second kappa shape index (κ2) is 9.08. The number of nitro groups is 1. The zero-order valence-electron chi connectivity index (χ0n) is 18.9. The van der Waals surface area contributed by atoms with E-state index in [-0.39, 0.29) is 11.2 Å². The van der Waals surface area contributed by atoms with E-state index in [9.17, 15) is 14.9 Å². The molecule has 37 heavy (non-hydrogen) atoms. The van der Waals surface area contributed by atoms with Gasteiger partial charge in [0.2, 0.25) is 4.96 Å². The molecule has 3 heterocycles. The molecule has 0 fully saturated rings. The molecule has 0 bridgehead atoms. The van der Waals surface area contributed by atoms with Crippen molar-refractivity contribution in [2.45, 2.75) is 0 Å². The second-order valence-electron chi connectivity index (χ2n) is 8.07. The number of rotatable bonds is 5. The predicted octanol–water partition coefficient (Wildman–Crippen LogP) is 4.78. The van der Waals surface area contributed by atoms with Crippen molar-refractivity contribution in [2.24, 2.45) is 0 Å². The number of non-ortho nitro benzene ring substituents is 1. The molecule has 6 aromatic rings. The van der Waals surface area contributed by atoms with Crippen LogP contribution in [0.25, 0.3) is 39.4 Å². The third-order valence-electron chi connectivity index (χ3n) is 5.66. The van der Waals surface area contributed by atoms with E-state index >= 15 is 0 Å². The Morgan fingerprint density at radius 3 is 2.46 bits per heavy atom. The fourth-order valence-electron chi connectivity index (χ4n) is 3.89. The van der Waals surface area contributed by atoms with Gasteiger partial charge in [-0.1, -0.05) is 53.3 Å². The Morgan fingerprint density at radius 1 is 0.946 bits per heavy atom. The van der Waals surface area contributed by atoms with Gasteiger partial charge in [-0.15, -0.1) is 5.10 Å². The monoisotopic (exact) mass is 526 g/mol. The number of aromatic nitrogens is 5. The smallest absolute Gasteiger partial charge is 0.266 e. The fraction of sp³-hybridized carbons (Fsp3) is 0. The number of nitro benzene ring substituents is 1. The minimum atomic E-state index is -0.449. The van der Waals surface area contributed by atoms with Crippen LogP contribution in [-0.2, 0) is 0 Å². The molecular weight excluding hydrogens is 512 g/mol. The maximum atomic E-state index is 13.2. The average molecular weight is 527 g/mol. The molecule has 0 saturated heterocycles. The lowest BCUT2D eigenvalue weighted by atomic mass is 10.1. The van der Waals surface area contributed by atoms with Crippen molar-refractivity contribution < 1.29 is 4.92 Å². The van der Waals surface area contributed by atoms with Gasteiger partial charge < -0.3 is 0 Å². The number of para-hydroxylation sites is 1. The summed E-state index contributed by atoms with van der Waals surface area (Å²) in [5.74, 6) is 0.431. The van der Waals surface area contributed by atoms with Crippen molar-refractivity contribution in [3.63, 3.8) is 0 Å². The van der Waals surface area contributed by atoms with E-state index in [0.29, 0.717) is 37.2 Å². The molecule has 3 aromatic carbocycles. The van der Waals surface area contributed by atoms with Crippen molar-refractivity contribution in [1.82, 2.24) is 24.4 Å². The largest absolute Gasteiger partial charge is 0.291 e. The molecular formula is C26H15ClN6O3S. The summed E-state index contributed by atoms with van der Waals surface area (Å²) in [6, 6.07) is 22.8. The first-order chi connectivity index (χ1) is 18.0. The average Bonchev–Trinajstić information content (AvgIpc) is 3.60. The number of fused-ring (bicyclic) bond motifs is 1. The van der Waals surface area contributed by atoms with Gasteiger partial charge >= 0.3 is 0 Å². The maximum absolute atomic E-state index is 13.2. The van der Waals surface area contributed by atoms with Crippen LogP contribution in [0.15, 0.2) is 89.9 Å². The van der Waals surface area contributed by atoms with Crippen LogP contribution < -0.4 is 10.1 Å².